The normalized spacial score (nSPS) is 15.2. The van der Waals surface area contributed by atoms with Crippen LogP contribution in [0.1, 0.15) is 5.76 Å². The quantitative estimate of drug-likeness (QED) is 0.344. The highest BCUT2D eigenvalue weighted by atomic mass is 16.6. The molecule has 1 saturated heterocycles. The maximum absolute atomic E-state index is 11.7. The minimum atomic E-state index is -1.33. The molecule has 0 radical (unpaired) electrons. The fourth-order valence-corrected chi connectivity index (χ4v) is 1.54. The Morgan fingerprint density at radius 2 is 2.24 bits per heavy atom. The van der Waals surface area contributed by atoms with E-state index in [0.29, 0.717) is 4.90 Å². The highest BCUT2D eigenvalue weighted by Gasteiger charge is 2.37. The summed E-state index contributed by atoms with van der Waals surface area (Å²) in [4.78, 5) is 43.9. The summed E-state index contributed by atoms with van der Waals surface area (Å²) in [6.45, 7) is -1.17. The van der Waals surface area contributed by atoms with E-state index in [4.69, 9.17) is 9.52 Å². The summed E-state index contributed by atoms with van der Waals surface area (Å²) in [6.07, 6.45) is 1.02. The van der Waals surface area contributed by atoms with Crippen LogP contribution in [0.2, 0.25) is 0 Å². The van der Waals surface area contributed by atoms with Crippen molar-refractivity contribution in [2.45, 2.75) is 0 Å². The summed E-state index contributed by atoms with van der Waals surface area (Å²) in [5.41, 5.74) is 0. The number of aliphatic carboxylic acids is 1. The smallest absolute Gasteiger partial charge is 0.433 e. The van der Waals surface area contributed by atoms with Crippen molar-refractivity contribution < 1.29 is 28.8 Å². The first kappa shape index (κ1) is 14.2. The largest absolute Gasteiger partial charge is 0.480 e. The van der Waals surface area contributed by atoms with Gasteiger partial charge in [-0.15, -0.1) is 0 Å². The van der Waals surface area contributed by atoms with Gasteiger partial charge in [-0.25, -0.2) is 14.7 Å². The molecule has 0 aliphatic carbocycles. The molecule has 0 aromatic carbocycles. The van der Waals surface area contributed by atoms with Crippen molar-refractivity contribution in [2.75, 3.05) is 13.1 Å². The van der Waals surface area contributed by atoms with Gasteiger partial charge in [-0.3, -0.25) is 19.7 Å². The molecule has 1 fully saturated rings. The van der Waals surface area contributed by atoms with Crippen LogP contribution in [0.4, 0.5) is 10.7 Å². The Labute approximate surface area is 116 Å². The van der Waals surface area contributed by atoms with Crippen LogP contribution < -0.4 is 0 Å². The van der Waals surface area contributed by atoms with Crippen LogP contribution in [0.25, 0.3) is 0 Å². The molecule has 0 bridgehead atoms. The number of carbonyl (C=O) groups excluding carboxylic acids is 2. The number of carboxylic acids is 1. The molecule has 11 nitrogen and oxygen atoms in total. The van der Waals surface area contributed by atoms with Crippen molar-refractivity contribution in [3.63, 3.8) is 0 Å². The number of carbonyl (C=O) groups is 3. The van der Waals surface area contributed by atoms with Gasteiger partial charge in [-0.1, -0.05) is 0 Å². The number of imide groups is 1. The second-order valence-electron chi connectivity index (χ2n) is 3.89. The van der Waals surface area contributed by atoms with Gasteiger partial charge < -0.3 is 9.52 Å². The number of furan rings is 1. The van der Waals surface area contributed by atoms with Gasteiger partial charge in [0.15, 0.2) is 5.76 Å². The van der Waals surface area contributed by atoms with Gasteiger partial charge in [0.1, 0.15) is 18.0 Å². The molecule has 0 saturated carbocycles. The van der Waals surface area contributed by atoms with Crippen LogP contribution in [0, 0.1) is 10.1 Å². The lowest BCUT2D eigenvalue weighted by molar-refractivity contribution is -0.402. The Morgan fingerprint density at radius 1 is 1.52 bits per heavy atom. The molecule has 11 heteroatoms. The summed E-state index contributed by atoms with van der Waals surface area (Å²) in [6, 6.07) is 1.48. The molecular weight excluding hydrogens is 288 g/mol. The fourth-order valence-electron chi connectivity index (χ4n) is 1.54. The van der Waals surface area contributed by atoms with Gasteiger partial charge in [0, 0.05) is 0 Å². The number of nitro groups is 1. The zero-order valence-corrected chi connectivity index (χ0v) is 10.3. The lowest BCUT2D eigenvalue weighted by Gasteiger charge is -2.10. The summed E-state index contributed by atoms with van der Waals surface area (Å²) >= 11 is 0. The lowest BCUT2D eigenvalue weighted by atomic mass is 10.5. The number of hydrogen-bond acceptors (Lipinski definition) is 7. The summed E-state index contributed by atoms with van der Waals surface area (Å²) in [7, 11) is 0. The maximum Gasteiger partial charge on any atom is 0.433 e. The molecule has 2 heterocycles. The molecule has 2 rings (SSSR count). The third-order valence-corrected chi connectivity index (χ3v) is 2.45. The summed E-state index contributed by atoms with van der Waals surface area (Å²) in [5, 5.41) is 23.4. The minimum absolute atomic E-state index is 0.0126. The van der Waals surface area contributed by atoms with Gasteiger partial charge in [0.25, 0.3) is 5.91 Å². The van der Waals surface area contributed by atoms with Crippen LogP contribution >= 0.6 is 0 Å². The predicted molar refractivity (Wildman–Crippen MR) is 64.4 cm³/mol. The van der Waals surface area contributed by atoms with E-state index in [9.17, 15) is 24.5 Å². The third-order valence-electron chi connectivity index (χ3n) is 2.45. The molecule has 3 amide bonds. The van der Waals surface area contributed by atoms with Gasteiger partial charge in [-0.05, 0) is 6.07 Å². The second kappa shape index (κ2) is 5.40. The van der Waals surface area contributed by atoms with Gasteiger partial charge in [-0.2, -0.15) is 5.10 Å². The Morgan fingerprint density at radius 3 is 2.81 bits per heavy atom. The lowest BCUT2D eigenvalue weighted by Crippen LogP contribution is -2.35. The Bertz CT molecular complexity index is 650. The van der Waals surface area contributed by atoms with E-state index in [1.807, 2.05) is 0 Å². The van der Waals surface area contributed by atoms with Crippen molar-refractivity contribution in [3.05, 3.63) is 28.0 Å². The molecule has 0 unspecified atom stereocenters. The van der Waals surface area contributed by atoms with Crippen molar-refractivity contribution in [1.82, 2.24) is 9.91 Å². The van der Waals surface area contributed by atoms with E-state index in [2.05, 4.69) is 5.10 Å². The molecule has 1 N–H and O–H groups in total. The predicted octanol–water partition coefficient (Wildman–Crippen LogP) is -0.129. The second-order valence-corrected chi connectivity index (χ2v) is 3.89. The van der Waals surface area contributed by atoms with E-state index in [0.717, 1.165) is 17.3 Å². The number of nitrogens with zero attached hydrogens (tertiary/aromatic N) is 4. The summed E-state index contributed by atoms with van der Waals surface area (Å²) < 4.78 is 4.78. The van der Waals surface area contributed by atoms with Gasteiger partial charge in [0.2, 0.25) is 0 Å². The van der Waals surface area contributed by atoms with Crippen LogP contribution in [0.15, 0.2) is 21.7 Å². The molecule has 1 aliphatic rings. The Balaban J connectivity index is 2.07. The molecule has 110 valence electrons. The van der Waals surface area contributed by atoms with E-state index in [-0.39, 0.29) is 5.76 Å². The van der Waals surface area contributed by atoms with Gasteiger partial charge in [0.05, 0.1) is 12.3 Å². The van der Waals surface area contributed by atoms with Crippen molar-refractivity contribution >= 4 is 30.0 Å². The van der Waals surface area contributed by atoms with Crippen LogP contribution in [0.5, 0.6) is 0 Å². The topological polar surface area (TPSA) is 147 Å². The highest BCUT2D eigenvalue weighted by molar-refractivity contribution is 6.04. The Kier molecular flexibility index (Phi) is 3.65. The van der Waals surface area contributed by atoms with Crippen molar-refractivity contribution in [1.29, 1.82) is 0 Å². The van der Waals surface area contributed by atoms with E-state index >= 15 is 0 Å². The van der Waals surface area contributed by atoms with Crippen LogP contribution in [-0.2, 0) is 9.59 Å². The zero-order chi connectivity index (χ0) is 15.6. The van der Waals surface area contributed by atoms with Gasteiger partial charge >= 0.3 is 17.9 Å². The highest BCUT2D eigenvalue weighted by Crippen LogP contribution is 2.15. The molecule has 21 heavy (non-hydrogen) atoms. The fraction of sp³-hybridized carbons (Fsp3) is 0.200. The van der Waals surface area contributed by atoms with Crippen LogP contribution in [-0.4, -0.2) is 57.2 Å². The minimum Gasteiger partial charge on any atom is -0.480 e. The number of hydrazone groups is 1. The number of hydrogen-bond donors (Lipinski definition) is 1. The van der Waals surface area contributed by atoms with Crippen molar-refractivity contribution in [2.24, 2.45) is 5.10 Å². The molecule has 1 aromatic heterocycles. The first-order valence-corrected chi connectivity index (χ1v) is 5.50. The third kappa shape index (κ3) is 3.02. The molecule has 0 spiro atoms. The number of amides is 3. The zero-order valence-electron chi connectivity index (χ0n) is 10.3. The van der Waals surface area contributed by atoms with Crippen LogP contribution in [0.3, 0.4) is 0 Å². The van der Waals surface area contributed by atoms with E-state index in [1.165, 1.54) is 6.07 Å². The SMILES string of the molecule is O=C(O)CN1C(=O)CN(N=Cc2ccc([N+](=O)[O-])o2)C1=O. The average molecular weight is 296 g/mol. The first-order chi connectivity index (χ1) is 9.88. The first-order valence-electron chi connectivity index (χ1n) is 5.50. The Hall–Kier alpha value is -3.24. The number of urea groups is 1. The monoisotopic (exact) mass is 296 g/mol. The standard InChI is InChI=1S/C10H8N4O7/c15-7-4-13(10(18)12(7)5-9(16)17)11-3-6-1-2-8(21-6)14(19)20/h1-3H,4-5H2,(H,16,17). The molecule has 1 aliphatic heterocycles. The molecule has 0 atom stereocenters. The maximum atomic E-state index is 11.7. The van der Waals surface area contributed by atoms with E-state index < -0.39 is 41.8 Å². The van der Waals surface area contributed by atoms with E-state index in [1.54, 1.807) is 0 Å². The molecular formula is C10H8N4O7. The molecule has 1 aromatic rings. The average Bonchev–Trinajstić information content (AvgIpc) is 2.96. The number of rotatable bonds is 5. The summed E-state index contributed by atoms with van der Waals surface area (Å²) in [5.74, 6) is -2.51. The van der Waals surface area contributed by atoms with Crippen molar-refractivity contribution in [3.8, 4) is 0 Å². The number of carboxylic acid groups (broad SMARTS) is 1.